The van der Waals surface area contributed by atoms with E-state index < -0.39 is 20.0 Å². The van der Waals surface area contributed by atoms with E-state index in [1.807, 2.05) is 0 Å². The Labute approximate surface area is 154 Å². The molecule has 0 bridgehead atoms. The van der Waals surface area contributed by atoms with Gasteiger partial charge in [-0.1, -0.05) is 0 Å². The highest BCUT2D eigenvalue weighted by Crippen LogP contribution is 2.27. The van der Waals surface area contributed by atoms with Crippen LogP contribution in [0, 0.1) is 6.92 Å². The Bertz CT molecular complexity index is 990. The normalized spacial score (nSPS) is 17.2. The summed E-state index contributed by atoms with van der Waals surface area (Å²) in [5.41, 5.74) is 1.82. The molecule has 2 heterocycles. The first-order valence-corrected chi connectivity index (χ1v) is 11.4. The van der Waals surface area contributed by atoms with Crippen molar-refractivity contribution in [3.63, 3.8) is 0 Å². The van der Waals surface area contributed by atoms with E-state index in [-0.39, 0.29) is 17.2 Å². The molecule has 1 aromatic heterocycles. The van der Waals surface area contributed by atoms with Crippen LogP contribution in [0.4, 0.5) is 5.69 Å². The largest absolute Gasteiger partial charge is 0.270 e. The molecule has 0 unspecified atom stereocenters. The first kappa shape index (κ1) is 18.8. The summed E-state index contributed by atoms with van der Waals surface area (Å²) >= 11 is 0. The molecule has 140 valence electrons. The van der Waals surface area contributed by atoms with Crippen molar-refractivity contribution >= 4 is 25.7 Å². The fourth-order valence-electron chi connectivity index (χ4n) is 2.93. The molecule has 1 saturated heterocycles. The maximum absolute atomic E-state index is 12.6. The third-order valence-electron chi connectivity index (χ3n) is 4.30. The number of pyridine rings is 1. The van der Waals surface area contributed by atoms with Gasteiger partial charge in [0.25, 0.3) is 0 Å². The second-order valence-electron chi connectivity index (χ2n) is 6.23. The van der Waals surface area contributed by atoms with Gasteiger partial charge in [0.05, 0.1) is 16.3 Å². The lowest BCUT2D eigenvalue weighted by molar-refractivity contribution is 0.574. The van der Waals surface area contributed by atoms with Crippen molar-refractivity contribution in [1.82, 2.24) is 9.71 Å². The van der Waals surface area contributed by atoms with Crippen molar-refractivity contribution in [2.45, 2.75) is 31.2 Å². The fourth-order valence-corrected chi connectivity index (χ4v) is 5.80. The van der Waals surface area contributed by atoms with Crippen LogP contribution in [-0.4, -0.2) is 34.1 Å². The molecule has 1 N–H and O–H groups in total. The molecule has 9 heteroatoms. The second kappa shape index (κ2) is 7.34. The summed E-state index contributed by atoms with van der Waals surface area (Å²) in [5, 5.41) is 0. The minimum atomic E-state index is -3.70. The van der Waals surface area contributed by atoms with Crippen molar-refractivity contribution in [3.8, 4) is 0 Å². The molecule has 0 saturated carbocycles. The van der Waals surface area contributed by atoms with E-state index in [1.165, 1.54) is 10.4 Å². The van der Waals surface area contributed by atoms with Gasteiger partial charge in [-0.05, 0) is 61.2 Å². The topological polar surface area (TPSA) is 96.4 Å². The highest BCUT2D eigenvalue weighted by atomic mass is 32.2. The van der Waals surface area contributed by atoms with E-state index in [0.29, 0.717) is 24.2 Å². The first-order chi connectivity index (χ1) is 12.3. The molecule has 0 spiro atoms. The highest BCUT2D eigenvalue weighted by Gasteiger charge is 2.27. The minimum absolute atomic E-state index is 0.125. The van der Waals surface area contributed by atoms with Gasteiger partial charge in [0.2, 0.25) is 20.0 Å². The molecular formula is C17H21N3O4S2. The molecule has 0 atom stereocenters. The van der Waals surface area contributed by atoms with Crippen LogP contribution >= 0.6 is 0 Å². The molecule has 0 aliphatic carbocycles. The summed E-state index contributed by atoms with van der Waals surface area (Å²) in [7, 11) is -7.03. The van der Waals surface area contributed by atoms with Gasteiger partial charge in [-0.15, -0.1) is 0 Å². The van der Waals surface area contributed by atoms with Gasteiger partial charge < -0.3 is 0 Å². The summed E-state index contributed by atoms with van der Waals surface area (Å²) in [6.07, 6.45) is 4.65. The molecule has 7 nitrogen and oxygen atoms in total. The summed E-state index contributed by atoms with van der Waals surface area (Å²) in [4.78, 5) is 4.04. The molecule has 1 aliphatic heterocycles. The van der Waals surface area contributed by atoms with E-state index in [4.69, 9.17) is 0 Å². The Hall–Kier alpha value is -1.97. The molecule has 1 aliphatic rings. The standard InChI is InChI=1S/C17H21N3O4S2/c1-14-12-16(20-10-2-3-11-25(20,21)22)4-5-17(14)26(23,24)19-13-15-6-8-18-9-7-15/h4-9,12,19H,2-3,10-11,13H2,1H3. The van der Waals surface area contributed by atoms with Gasteiger partial charge in [-0.25, -0.2) is 21.6 Å². The molecular weight excluding hydrogens is 374 g/mol. The zero-order valence-electron chi connectivity index (χ0n) is 14.4. The smallest absolute Gasteiger partial charge is 0.241 e. The van der Waals surface area contributed by atoms with Gasteiger partial charge in [0.1, 0.15) is 0 Å². The zero-order chi connectivity index (χ0) is 18.8. The predicted octanol–water partition coefficient (Wildman–Crippen LogP) is 1.80. The third kappa shape index (κ3) is 4.05. The van der Waals surface area contributed by atoms with Gasteiger partial charge >= 0.3 is 0 Å². The highest BCUT2D eigenvalue weighted by molar-refractivity contribution is 7.92. The van der Waals surface area contributed by atoms with E-state index >= 15 is 0 Å². The number of aromatic nitrogens is 1. The van der Waals surface area contributed by atoms with E-state index in [2.05, 4.69) is 9.71 Å². The number of hydrogen-bond donors (Lipinski definition) is 1. The number of nitrogens with zero attached hydrogens (tertiary/aromatic N) is 2. The van der Waals surface area contributed by atoms with Crippen LogP contribution in [0.2, 0.25) is 0 Å². The van der Waals surface area contributed by atoms with E-state index in [1.54, 1.807) is 43.6 Å². The Morgan fingerprint density at radius 3 is 2.54 bits per heavy atom. The molecule has 2 aromatic rings. The summed E-state index contributed by atoms with van der Waals surface area (Å²) in [6.45, 7) is 2.25. The maximum Gasteiger partial charge on any atom is 0.241 e. The Balaban J connectivity index is 1.82. The van der Waals surface area contributed by atoms with E-state index in [9.17, 15) is 16.8 Å². The van der Waals surface area contributed by atoms with Gasteiger partial charge in [0.15, 0.2) is 0 Å². The molecule has 0 radical (unpaired) electrons. The van der Waals surface area contributed by atoms with Crippen LogP contribution in [0.5, 0.6) is 0 Å². The fraction of sp³-hybridized carbons (Fsp3) is 0.353. The first-order valence-electron chi connectivity index (χ1n) is 8.29. The number of benzene rings is 1. The van der Waals surface area contributed by atoms with Crippen molar-refractivity contribution in [2.24, 2.45) is 0 Å². The molecule has 1 fully saturated rings. The number of aryl methyl sites for hydroxylation is 1. The van der Waals surface area contributed by atoms with Crippen molar-refractivity contribution < 1.29 is 16.8 Å². The monoisotopic (exact) mass is 395 g/mol. The lowest BCUT2D eigenvalue weighted by atomic mass is 10.2. The minimum Gasteiger partial charge on any atom is -0.270 e. The van der Waals surface area contributed by atoms with Crippen LogP contribution in [-0.2, 0) is 26.6 Å². The van der Waals surface area contributed by atoms with Crippen molar-refractivity contribution in [3.05, 3.63) is 53.9 Å². The van der Waals surface area contributed by atoms with Crippen LogP contribution < -0.4 is 9.03 Å². The van der Waals surface area contributed by atoms with Crippen LogP contribution in [0.15, 0.2) is 47.6 Å². The average Bonchev–Trinajstić information content (AvgIpc) is 2.60. The number of anilines is 1. The number of sulfonamides is 2. The SMILES string of the molecule is Cc1cc(N2CCCCS2(=O)=O)ccc1S(=O)(=O)NCc1ccncc1. The van der Waals surface area contributed by atoms with Crippen molar-refractivity contribution in [2.75, 3.05) is 16.6 Å². The Morgan fingerprint density at radius 2 is 1.88 bits per heavy atom. The van der Waals surface area contributed by atoms with Crippen molar-refractivity contribution in [1.29, 1.82) is 0 Å². The zero-order valence-corrected chi connectivity index (χ0v) is 16.1. The van der Waals surface area contributed by atoms with E-state index in [0.717, 1.165) is 12.0 Å². The van der Waals surface area contributed by atoms with Crippen LogP contribution in [0.25, 0.3) is 0 Å². The van der Waals surface area contributed by atoms with Crippen LogP contribution in [0.1, 0.15) is 24.0 Å². The second-order valence-corrected chi connectivity index (χ2v) is 9.97. The predicted molar refractivity (Wildman–Crippen MR) is 99.8 cm³/mol. The average molecular weight is 396 g/mol. The number of nitrogens with one attached hydrogen (secondary N) is 1. The molecule has 26 heavy (non-hydrogen) atoms. The lowest BCUT2D eigenvalue weighted by Gasteiger charge is -2.28. The van der Waals surface area contributed by atoms with Gasteiger partial charge in [-0.3, -0.25) is 9.29 Å². The Kier molecular flexibility index (Phi) is 5.31. The number of hydrogen-bond acceptors (Lipinski definition) is 5. The quantitative estimate of drug-likeness (QED) is 0.833. The maximum atomic E-state index is 12.6. The third-order valence-corrected chi connectivity index (χ3v) is 7.73. The summed E-state index contributed by atoms with van der Waals surface area (Å²) < 4.78 is 53.5. The molecule has 3 rings (SSSR count). The van der Waals surface area contributed by atoms with Gasteiger partial charge in [-0.2, -0.15) is 0 Å². The summed E-state index contributed by atoms with van der Waals surface area (Å²) in [6, 6.07) is 8.10. The lowest BCUT2D eigenvalue weighted by Crippen LogP contribution is -2.37. The summed E-state index contributed by atoms with van der Waals surface area (Å²) in [5.74, 6) is 0.125. The Morgan fingerprint density at radius 1 is 1.15 bits per heavy atom. The number of rotatable bonds is 5. The molecule has 1 aromatic carbocycles. The van der Waals surface area contributed by atoms with Crippen LogP contribution in [0.3, 0.4) is 0 Å². The molecule has 0 amide bonds. The van der Waals surface area contributed by atoms with Gasteiger partial charge in [0, 0.05) is 25.5 Å².